The Morgan fingerprint density at radius 1 is 1.00 bits per heavy atom. The largest absolute Gasteiger partial charge is 0.392 e. The zero-order chi connectivity index (χ0) is 8.39. The van der Waals surface area contributed by atoms with Crippen molar-refractivity contribution in [2.45, 2.75) is 18.9 Å². The van der Waals surface area contributed by atoms with Crippen LogP contribution in [0.4, 0.5) is 0 Å². The third-order valence-corrected chi connectivity index (χ3v) is 3.16. The summed E-state index contributed by atoms with van der Waals surface area (Å²) in [5, 5.41) is 16.4. The van der Waals surface area contributed by atoms with Gasteiger partial charge >= 0.3 is 0 Å². The minimum atomic E-state index is -0.0478. The van der Waals surface area contributed by atoms with Gasteiger partial charge in [-0.25, -0.2) is 0 Å². The van der Waals surface area contributed by atoms with E-state index in [9.17, 15) is 5.11 Å². The molecule has 0 bridgehead atoms. The summed E-state index contributed by atoms with van der Waals surface area (Å²) in [5.74, 6) is 1.09. The van der Waals surface area contributed by atoms with Gasteiger partial charge in [-0.15, -0.1) is 0 Å². The average Bonchev–Trinajstić information content (AvgIpc) is 2.03. The Labute approximate surface area is 73.5 Å². The molecule has 0 radical (unpaired) electrons. The first-order chi connectivity index (χ1) is 5.88. The summed E-state index contributed by atoms with van der Waals surface area (Å²) < 4.78 is 0. The van der Waals surface area contributed by atoms with Crippen LogP contribution in [0.1, 0.15) is 12.8 Å². The molecule has 2 aliphatic heterocycles. The summed E-state index contributed by atoms with van der Waals surface area (Å²) in [5.41, 5.74) is 0. The lowest BCUT2D eigenvalue weighted by Crippen LogP contribution is -2.52. The van der Waals surface area contributed by atoms with Crippen LogP contribution in [-0.4, -0.2) is 37.4 Å². The smallest absolute Gasteiger partial charge is 0.0621 e. The van der Waals surface area contributed by atoms with E-state index in [2.05, 4.69) is 10.6 Å². The Balaban J connectivity index is 1.80. The quantitative estimate of drug-likeness (QED) is 0.527. The number of nitrogens with one attached hydrogen (secondary N) is 2. The molecule has 0 aliphatic carbocycles. The molecule has 3 N–H and O–H groups in total. The minimum absolute atomic E-state index is 0.0478. The van der Waals surface area contributed by atoms with Gasteiger partial charge in [0.25, 0.3) is 0 Å². The van der Waals surface area contributed by atoms with Crippen molar-refractivity contribution >= 4 is 0 Å². The van der Waals surface area contributed by atoms with Gasteiger partial charge in [0, 0.05) is 19.0 Å². The third kappa shape index (κ3) is 1.63. The van der Waals surface area contributed by atoms with Crippen LogP contribution in [0.5, 0.6) is 0 Å². The lowest BCUT2D eigenvalue weighted by molar-refractivity contribution is 0.0153. The van der Waals surface area contributed by atoms with Crippen LogP contribution >= 0.6 is 0 Å². The van der Waals surface area contributed by atoms with Gasteiger partial charge in [-0.05, 0) is 31.8 Å². The van der Waals surface area contributed by atoms with Crippen LogP contribution in [-0.2, 0) is 0 Å². The molecule has 2 rings (SSSR count). The van der Waals surface area contributed by atoms with Crippen LogP contribution in [0.25, 0.3) is 0 Å². The molecule has 2 saturated heterocycles. The van der Waals surface area contributed by atoms with Gasteiger partial charge in [0.2, 0.25) is 0 Å². The van der Waals surface area contributed by atoms with Crippen molar-refractivity contribution in [1.82, 2.24) is 10.6 Å². The molecule has 0 saturated carbocycles. The predicted molar refractivity (Wildman–Crippen MR) is 48.0 cm³/mol. The fourth-order valence-corrected chi connectivity index (χ4v) is 2.12. The number of aliphatic hydroxyl groups is 1. The Hall–Kier alpha value is -0.120. The lowest BCUT2D eigenvalue weighted by Gasteiger charge is -2.37. The van der Waals surface area contributed by atoms with E-state index >= 15 is 0 Å². The van der Waals surface area contributed by atoms with Crippen molar-refractivity contribution in [3.63, 3.8) is 0 Å². The lowest BCUT2D eigenvalue weighted by atomic mass is 9.82. The van der Waals surface area contributed by atoms with E-state index < -0.39 is 0 Å². The molecular weight excluding hydrogens is 152 g/mol. The first-order valence-corrected chi connectivity index (χ1v) is 4.97. The first-order valence-electron chi connectivity index (χ1n) is 4.97. The van der Waals surface area contributed by atoms with E-state index in [4.69, 9.17) is 0 Å². The summed E-state index contributed by atoms with van der Waals surface area (Å²) in [7, 11) is 0. The number of aliphatic hydroxyl groups excluding tert-OH is 1. The van der Waals surface area contributed by atoms with Crippen LogP contribution < -0.4 is 10.6 Å². The van der Waals surface area contributed by atoms with E-state index in [0.29, 0.717) is 11.8 Å². The Morgan fingerprint density at radius 3 is 2.17 bits per heavy atom. The second-order valence-corrected chi connectivity index (χ2v) is 4.00. The molecule has 1 atom stereocenters. The van der Waals surface area contributed by atoms with Gasteiger partial charge in [-0.3, -0.25) is 0 Å². The second kappa shape index (κ2) is 3.73. The van der Waals surface area contributed by atoms with E-state index in [-0.39, 0.29) is 6.10 Å². The molecule has 0 spiro atoms. The molecule has 0 aromatic carbocycles. The molecule has 2 fully saturated rings. The fraction of sp³-hybridized carbons (Fsp3) is 1.00. The topological polar surface area (TPSA) is 44.3 Å². The van der Waals surface area contributed by atoms with Crippen LogP contribution in [0.2, 0.25) is 0 Å². The molecule has 2 aliphatic rings. The van der Waals surface area contributed by atoms with Crippen LogP contribution in [0, 0.1) is 11.8 Å². The SMILES string of the molecule is OC(C1CCNCC1)C1CNC1. The van der Waals surface area contributed by atoms with Gasteiger partial charge in [0.15, 0.2) is 0 Å². The van der Waals surface area contributed by atoms with E-state index in [0.717, 1.165) is 39.0 Å². The highest BCUT2D eigenvalue weighted by atomic mass is 16.3. The van der Waals surface area contributed by atoms with Gasteiger partial charge < -0.3 is 15.7 Å². The fourth-order valence-electron chi connectivity index (χ4n) is 2.12. The van der Waals surface area contributed by atoms with Gasteiger partial charge in [-0.1, -0.05) is 0 Å². The molecular formula is C9H18N2O. The third-order valence-electron chi connectivity index (χ3n) is 3.16. The van der Waals surface area contributed by atoms with E-state index in [1.807, 2.05) is 0 Å². The Kier molecular flexibility index (Phi) is 2.63. The van der Waals surface area contributed by atoms with Crippen LogP contribution in [0.3, 0.4) is 0 Å². The number of rotatable bonds is 2. The summed E-state index contributed by atoms with van der Waals surface area (Å²) >= 11 is 0. The molecule has 2 heterocycles. The second-order valence-electron chi connectivity index (χ2n) is 4.00. The molecule has 12 heavy (non-hydrogen) atoms. The molecule has 0 aromatic rings. The zero-order valence-electron chi connectivity index (χ0n) is 7.42. The van der Waals surface area contributed by atoms with Gasteiger partial charge in [-0.2, -0.15) is 0 Å². The summed E-state index contributed by atoms with van der Waals surface area (Å²) in [6, 6.07) is 0. The van der Waals surface area contributed by atoms with E-state index in [1.54, 1.807) is 0 Å². The zero-order valence-corrected chi connectivity index (χ0v) is 7.42. The monoisotopic (exact) mass is 170 g/mol. The maximum atomic E-state index is 9.93. The molecule has 1 unspecified atom stereocenters. The summed E-state index contributed by atoms with van der Waals surface area (Å²) in [6.45, 7) is 4.21. The normalized spacial score (nSPS) is 29.8. The molecule has 3 heteroatoms. The highest BCUT2D eigenvalue weighted by Crippen LogP contribution is 2.23. The minimum Gasteiger partial charge on any atom is -0.392 e. The Bertz CT molecular complexity index is 141. The van der Waals surface area contributed by atoms with E-state index in [1.165, 1.54) is 0 Å². The summed E-state index contributed by atoms with van der Waals surface area (Å²) in [6.07, 6.45) is 2.25. The molecule has 0 aromatic heterocycles. The highest BCUT2D eigenvalue weighted by Gasteiger charge is 2.31. The van der Waals surface area contributed by atoms with Crippen molar-refractivity contribution in [2.75, 3.05) is 26.2 Å². The molecule has 3 nitrogen and oxygen atoms in total. The predicted octanol–water partition coefficient (Wildman–Crippen LogP) is -0.434. The number of hydrogen-bond donors (Lipinski definition) is 3. The maximum absolute atomic E-state index is 9.93. The van der Waals surface area contributed by atoms with Crippen molar-refractivity contribution in [3.8, 4) is 0 Å². The van der Waals surface area contributed by atoms with Gasteiger partial charge in [0.05, 0.1) is 6.10 Å². The molecule has 0 amide bonds. The van der Waals surface area contributed by atoms with Crippen molar-refractivity contribution < 1.29 is 5.11 Å². The molecule has 70 valence electrons. The first kappa shape index (κ1) is 8.48. The number of piperidine rings is 1. The van der Waals surface area contributed by atoms with Crippen molar-refractivity contribution in [1.29, 1.82) is 0 Å². The summed E-state index contributed by atoms with van der Waals surface area (Å²) in [4.78, 5) is 0. The highest BCUT2D eigenvalue weighted by molar-refractivity contribution is 4.87. The average molecular weight is 170 g/mol. The number of hydrogen-bond acceptors (Lipinski definition) is 3. The van der Waals surface area contributed by atoms with Gasteiger partial charge in [0.1, 0.15) is 0 Å². The van der Waals surface area contributed by atoms with Crippen LogP contribution in [0.15, 0.2) is 0 Å². The van der Waals surface area contributed by atoms with Crippen molar-refractivity contribution in [3.05, 3.63) is 0 Å². The van der Waals surface area contributed by atoms with Crippen molar-refractivity contribution in [2.24, 2.45) is 11.8 Å². The maximum Gasteiger partial charge on any atom is 0.0621 e. The Morgan fingerprint density at radius 2 is 1.67 bits per heavy atom. The standard InChI is InChI=1S/C9H18N2O/c12-9(8-5-11-6-8)7-1-3-10-4-2-7/h7-12H,1-6H2.